The topological polar surface area (TPSA) is 61.4 Å². The third kappa shape index (κ3) is 5.34. The van der Waals surface area contributed by atoms with Crippen LogP contribution in [-0.2, 0) is 11.3 Å². The minimum atomic E-state index is 0.0913. The fourth-order valence-corrected chi connectivity index (χ4v) is 3.99. The number of anilines is 2. The van der Waals surface area contributed by atoms with Crippen LogP contribution in [0.5, 0.6) is 0 Å². The van der Waals surface area contributed by atoms with Gasteiger partial charge in [0.05, 0.1) is 5.75 Å². The van der Waals surface area contributed by atoms with Gasteiger partial charge in [0.25, 0.3) is 0 Å². The molecular formula is C17H23N5OS2. The molecule has 0 unspecified atom stereocenters. The molecule has 1 amide bonds. The number of amides is 1. The second-order valence-corrected chi connectivity index (χ2v) is 8.59. The molecule has 1 aromatic carbocycles. The molecule has 0 bridgehead atoms. The zero-order chi connectivity index (χ0) is 17.8. The Kier molecular flexibility index (Phi) is 5.80. The number of aromatic nitrogens is 2. The number of rotatable bonds is 8. The van der Waals surface area contributed by atoms with Crippen LogP contribution in [0.2, 0.25) is 0 Å². The molecule has 3 rings (SSSR count). The minimum absolute atomic E-state index is 0.0913. The Balaban J connectivity index is 1.46. The van der Waals surface area contributed by atoms with Crippen LogP contribution >= 0.6 is 23.1 Å². The highest BCUT2D eigenvalue weighted by Gasteiger charge is 2.22. The third-order valence-electron chi connectivity index (χ3n) is 3.93. The molecule has 1 N–H and O–H groups in total. The van der Waals surface area contributed by atoms with Gasteiger partial charge in [0, 0.05) is 39.4 Å². The van der Waals surface area contributed by atoms with Crippen molar-refractivity contribution in [3.63, 3.8) is 0 Å². The number of carbonyl (C=O) groups excluding carboxylic acids is 1. The lowest BCUT2D eigenvalue weighted by Gasteiger charge is -2.18. The van der Waals surface area contributed by atoms with Crippen molar-refractivity contribution in [2.45, 2.75) is 29.8 Å². The van der Waals surface area contributed by atoms with E-state index in [0.717, 1.165) is 20.7 Å². The summed E-state index contributed by atoms with van der Waals surface area (Å²) in [7, 11) is 5.87. The van der Waals surface area contributed by atoms with Crippen LogP contribution in [0.4, 0.5) is 10.8 Å². The summed E-state index contributed by atoms with van der Waals surface area (Å²) < 4.78 is 0.834. The molecular weight excluding hydrogens is 354 g/mol. The molecule has 0 saturated heterocycles. The van der Waals surface area contributed by atoms with Gasteiger partial charge in [0.1, 0.15) is 0 Å². The highest BCUT2D eigenvalue weighted by molar-refractivity contribution is 8.01. The van der Waals surface area contributed by atoms with Crippen molar-refractivity contribution >= 4 is 39.8 Å². The fourth-order valence-electron chi connectivity index (χ4n) is 2.22. The average molecular weight is 378 g/mol. The van der Waals surface area contributed by atoms with Gasteiger partial charge in [-0.2, -0.15) is 0 Å². The van der Waals surface area contributed by atoms with Gasteiger partial charge >= 0.3 is 0 Å². The minimum Gasteiger partial charge on any atom is -0.378 e. The smallest absolute Gasteiger partial charge is 0.233 e. The van der Waals surface area contributed by atoms with Crippen molar-refractivity contribution in [2.24, 2.45) is 0 Å². The molecule has 1 aliphatic carbocycles. The van der Waals surface area contributed by atoms with Crippen LogP contribution in [0.1, 0.15) is 18.4 Å². The number of benzene rings is 1. The van der Waals surface area contributed by atoms with E-state index in [1.54, 1.807) is 4.90 Å². The van der Waals surface area contributed by atoms with E-state index in [-0.39, 0.29) is 5.91 Å². The molecule has 25 heavy (non-hydrogen) atoms. The van der Waals surface area contributed by atoms with Crippen LogP contribution in [0.25, 0.3) is 0 Å². The molecule has 1 fully saturated rings. The summed E-state index contributed by atoms with van der Waals surface area (Å²) in [6.45, 7) is 0.609. The Labute approximate surface area is 156 Å². The van der Waals surface area contributed by atoms with Gasteiger partial charge < -0.3 is 15.1 Å². The Morgan fingerprint density at radius 2 is 1.96 bits per heavy atom. The van der Waals surface area contributed by atoms with E-state index in [4.69, 9.17) is 0 Å². The molecule has 1 heterocycles. The number of hydrogen-bond donors (Lipinski definition) is 1. The largest absolute Gasteiger partial charge is 0.378 e. The number of thioether (sulfide) groups is 1. The van der Waals surface area contributed by atoms with Crippen molar-refractivity contribution in [3.05, 3.63) is 29.8 Å². The first-order chi connectivity index (χ1) is 12.0. The average Bonchev–Trinajstić information content (AvgIpc) is 3.29. The first-order valence-corrected chi connectivity index (χ1v) is 10.0. The first kappa shape index (κ1) is 18.0. The number of nitrogens with zero attached hydrogens (tertiary/aromatic N) is 4. The summed E-state index contributed by atoms with van der Waals surface area (Å²) in [6.07, 6.45) is 2.42. The molecule has 1 saturated carbocycles. The maximum absolute atomic E-state index is 12.3. The second kappa shape index (κ2) is 8.05. The Morgan fingerprint density at radius 1 is 1.24 bits per heavy atom. The first-order valence-electron chi connectivity index (χ1n) is 8.24. The van der Waals surface area contributed by atoms with Gasteiger partial charge in [-0.15, -0.1) is 10.2 Å². The van der Waals surface area contributed by atoms with Crippen LogP contribution in [0.15, 0.2) is 28.6 Å². The maximum atomic E-state index is 12.3. The second-order valence-electron chi connectivity index (χ2n) is 6.39. The van der Waals surface area contributed by atoms with Crippen molar-refractivity contribution in [1.82, 2.24) is 15.1 Å². The maximum Gasteiger partial charge on any atom is 0.233 e. The van der Waals surface area contributed by atoms with E-state index in [9.17, 15) is 4.79 Å². The summed E-state index contributed by atoms with van der Waals surface area (Å²) in [5.74, 6) is 0.471. The molecule has 0 aliphatic heterocycles. The van der Waals surface area contributed by atoms with Gasteiger partial charge in [0.2, 0.25) is 11.0 Å². The lowest BCUT2D eigenvalue weighted by atomic mass is 10.2. The number of nitrogens with one attached hydrogen (secondary N) is 1. The van der Waals surface area contributed by atoms with E-state index < -0.39 is 0 Å². The Morgan fingerprint density at radius 3 is 2.60 bits per heavy atom. The van der Waals surface area contributed by atoms with E-state index in [1.165, 1.54) is 35.9 Å². The van der Waals surface area contributed by atoms with Gasteiger partial charge in [-0.25, -0.2) is 0 Å². The molecule has 0 spiro atoms. The van der Waals surface area contributed by atoms with E-state index in [0.29, 0.717) is 18.3 Å². The van der Waals surface area contributed by atoms with Crippen LogP contribution in [-0.4, -0.2) is 53.9 Å². The van der Waals surface area contributed by atoms with E-state index in [2.05, 4.69) is 44.7 Å². The standard InChI is InChI=1S/C17H23N5OS2/c1-21(2)14-8-4-12(5-9-14)10-22(3)15(23)11-24-17-20-19-16(25-17)18-13-6-7-13/h4-5,8-9,13H,6-7,10-11H2,1-3H3,(H,18,19). The van der Waals surface area contributed by atoms with Gasteiger partial charge in [-0.1, -0.05) is 35.2 Å². The van der Waals surface area contributed by atoms with Gasteiger partial charge in [-0.05, 0) is 30.5 Å². The molecule has 6 nitrogen and oxygen atoms in total. The molecule has 0 radical (unpaired) electrons. The van der Waals surface area contributed by atoms with Gasteiger partial charge in [0.15, 0.2) is 4.34 Å². The van der Waals surface area contributed by atoms with E-state index in [1.807, 2.05) is 21.1 Å². The van der Waals surface area contributed by atoms with Crippen molar-refractivity contribution in [1.29, 1.82) is 0 Å². The van der Waals surface area contributed by atoms with Crippen LogP contribution in [0.3, 0.4) is 0 Å². The summed E-state index contributed by atoms with van der Waals surface area (Å²) >= 11 is 2.97. The van der Waals surface area contributed by atoms with Crippen molar-refractivity contribution in [3.8, 4) is 0 Å². The quantitative estimate of drug-likeness (QED) is 0.714. The van der Waals surface area contributed by atoms with Crippen molar-refractivity contribution in [2.75, 3.05) is 37.1 Å². The predicted octanol–water partition coefficient (Wildman–Crippen LogP) is 2.93. The molecule has 1 aliphatic rings. The number of carbonyl (C=O) groups is 1. The SMILES string of the molecule is CN(Cc1ccc(N(C)C)cc1)C(=O)CSc1nnc(NC2CC2)s1. The molecule has 2 aromatic rings. The molecule has 0 atom stereocenters. The fraction of sp³-hybridized carbons (Fsp3) is 0.471. The van der Waals surface area contributed by atoms with Gasteiger partial charge in [-0.3, -0.25) is 4.79 Å². The monoisotopic (exact) mass is 377 g/mol. The molecule has 134 valence electrons. The summed E-state index contributed by atoms with van der Waals surface area (Å²) in [6, 6.07) is 8.83. The van der Waals surface area contributed by atoms with E-state index >= 15 is 0 Å². The summed E-state index contributed by atoms with van der Waals surface area (Å²) in [5.41, 5.74) is 2.28. The van der Waals surface area contributed by atoms with Crippen LogP contribution in [0, 0.1) is 0 Å². The highest BCUT2D eigenvalue weighted by Crippen LogP contribution is 2.30. The third-order valence-corrected chi connectivity index (χ3v) is 5.90. The predicted molar refractivity (Wildman–Crippen MR) is 105 cm³/mol. The summed E-state index contributed by atoms with van der Waals surface area (Å²) in [4.78, 5) is 16.1. The Hall–Kier alpha value is -1.80. The molecule has 1 aromatic heterocycles. The zero-order valence-electron chi connectivity index (χ0n) is 14.7. The lowest BCUT2D eigenvalue weighted by Crippen LogP contribution is -2.27. The zero-order valence-corrected chi connectivity index (χ0v) is 16.4. The van der Waals surface area contributed by atoms with Crippen molar-refractivity contribution < 1.29 is 4.79 Å². The lowest BCUT2D eigenvalue weighted by molar-refractivity contribution is -0.127. The molecule has 8 heteroatoms. The summed E-state index contributed by atoms with van der Waals surface area (Å²) in [5, 5.41) is 12.4. The highest BCUT2D eigenvalue weighted by atomic mass is 32.2. The number of hydrogen-bond acceptors (Lipinski definition) is 7. The van der Waals surface area contributed by atoms with Crippen LogP contribution < -0.4 is 10.2 Å². The normalized spacial score (nSPS) is 13.6. The Bertz CT molecular complexity index is 712.